The molecule has 1 fully saturated rings. The molecule has 200 valence electrons. The first-order valence-electron chi connectivity index (χ1n) is 12.5. The molecule has 10 heteroatoms. The summed E-state index contributed by atoms with van der Waals surface area (Å²) in [6.07, 6.45) is 3.01. The maximum Gasteiger partial charge on any atom is 0.231 e. The number of carbonyl (C=O) groups is 2. The summed E-state index contributed by atoms with van der Waals surface area (Å²) < 4.78 is 21.6. The second kappa shape index (κ2) is 11.9. The van der Waals surface area contributed by atoms with Crippen LogP contribution < -0.4 is 24.3 Å². The van der Waals surface area contributed by atoms with E-state index in [4.69, 9.17) is 18.9 Å². The zero-order valence-corrected chi connectivity index (χ0v) is 22.1. The van der Waals surface area contributed by atoms with Gasteiger partial charge in [0.15, 0.2) is 23.0 Å². The lowest BCUT2D eigenvalue weighted by atomic mass is 9.93. The summed E-state index contributed by atoms with van der Waals surface area (Å²) >= 11 is 0. The number of piperidine rings is 1. The Bertz CT molecular complexity index is 1140. The van der Waals surface area contributed by atoms with E-state index < -0.39 is 0 Å². The van der Waals surface area contributed by atoms with Crippen LogP contribution in [0.3, 0.4) is 0 Å². The molecule has 1 unspecified atom stereocenters. The number of nitrogens with zero attached hydrogens (tertiary/aromatic N) is 2. The molecule has 0 spiro atoms. The van der Waals surface area contributed by atoms with Crippen LogP contribution in [0.4, 0.5) is 5.69 Å². The van der Waals surface area contributed by atoms with Gasteiger partial charge in [0.05, 0.1) is 20.1 Å². The quantitative estimate of drug-likeness (QED) is 0.585. The van der Waals surface area contributed by atoms with Gasteiger partial charge in [0.25, 0.3) is 0 Å². The fourth-order valence-electron chi connectivity index (χ4n) is 5.25. The number of hydrogen-bond acceptors (Lipinski definition) is 7. The number of hydrogen-bond donors (Lipinski definition) is 1. The Hall–Kier alpha value is -3.17. The first kappa shape index (κ1) is 26.9. The van der Waals surface area contributed by atoms with E-state index in [-0.39, 0.29) is 36.9 Å². The number of amides is 2. The number of rotatable bonds is 7. The van der Waals surface area contributed by atoms with Crippen LogP contribution in [0.25, 0.3) is 0 Å². The molecule has 1 atom stereocenters. The van der Waals surface area contributed by atoms with Gasteiger partial charge in [-0.05, 0) is 61.2 Å². The maximum absolute atomic E-state index is 13.4. The van der Waals surface area contributed by atoms with Gasteiger partial charge >= 0.3 is 0 Å². The zero-order valence-electron chi connectivity index (χ0n) is 21.3. The number of likely N-dealkylation sites (tertiary alicyclic amines) is 1. The van der Waals surface area contributed by atoms with E-state index in [1.807, 2.05) is 23.1 Å². The lowest BCUT2D eigenvalue weighted by molar-refractivity contribution is -0.138. The van der Waals surface area contributed by atoms with E-state index in [9.17, 15) is 9.59 Å². The van der Waals surface area contributed by atoms with Crippen molar-refractivity contribution in [2.24, 2.45) is 5.92 Å². The molecule has 3 aliphatic heterocycles. The Balaban J connectivity index is 0.00000320. The summed E-state index contributed by atoms with van der Waals surface area (Å²) in [5.41, 5.74) is 3.01. The van der Waals surface area contributed by atoms with Crippen LogP contribution in [0.5, 0.6) is 23.0 Å². The van der Waals surface area contributed by atoms with Gasteiger partial charge in [-0.1, -0.05) is 0 Å². The highest BCUT2D eigenvalue weighted by atomic mass is 35.5. The number of fused-ring (bicyclic) bond motifs is 2. The van der Waals surface area contributed by atoms with Crippen LogP contribution in [0.15, 0.2) is 30.3 Å². The first-order valence-corrected chi connectivity index (χ1v) is 12.5. The number of benzene rings is 2. The van der Waals surface area contributed by atoms with Crippen LogP contribution in [-0.4, -0.2) is 68.8 Å². The predicted octanol–water partition coefficient (Wildman–Crippen LogP) is 3.48. The largest absolute Gasteiger partial charge is 0.493 e. The van der Waals surface area contributed by atoms with Crippen molar-refractivity contribution in [2.45, 2.75) is 32.2 Å². The summed E-state index contributed by atoms with van der Waals surface area (Å²) in [4.78, 5) is 30.1. The summed E-state index contributed by atoms with van der Waals surface area (Å²) in [5, 5.41) is 2.93. The average molecular weight is 532 g/mol. The molecule has 2 aromatic rings. The molecule has 0 saturated carbocycles. The molecular weight excluding hydrogens is 498 g/mol. The third-order valence-corrected chi connectivity index (χ3v) is 7.20. The molecule has 1 saturated heterocycles. The van der Waals surface area contributed by atoms with Crippen LogP contribution >= 0.6 is 12.4 Å². The normalized spacial score (nSPS) is 18.4. The fraction of sp³-hybridized carbons (Fsp3) is 0.481. The van der Waals surface area contributed by atoms with E-state index in [0.29, 0.717) is 55.5 Å². The highest BCUT2D eigenvalue weighted by Gasteiger charge is 2.31. The topological polar surface area (TPSA) is 89.6 Å². The molecule has 2 amide bonds. The van der Waals surface area contributed by atoms with Crippen molar-refractivity contribution in [3.8, 4) is 23.0 Å². The second-order valence-electron chi connectivity index (χ2n) is 9.49. The molecule has 1 N–H and O–H groups in total. The molecular formula is C27H34ClN3O6. The van der Waals surface area contributed by atoms with Crippen molar-refractivity contribution in [2.75, 3.05) is 52.5 Å². The molecule has 0 radical (unpaired) electrons. The minimum Gasteiger partial charge on any atom is -0.493 e. The Morgan fingerprint density at radius 1 is 1.03 bits per heavy atom. The van der Waals surface area contributed by atoms with E-state index in [0.717, 1.165) is 37.1 Å². The van der Waals surface area contributed by atoms with E-state index >= 15 is 0 Å². The minimum absolute atomic E-state index is 0. The highest BCUT2D eigenvalue weighted by Crippen LogP contribution is 2.35. The number of ether oxygens (including phenoxy) is 4. The number of anilines is 1. The van der Waals surface area contributed by atoms with E-state index in [1.165, 1.54) is 5.56 Å². The van der Waals surface area contributed by atoms with Gasteiger partial charge in [-0.3, -0.25) is 9.59 Å². The number of halogens is 1. The van der Waals surface area contributed by atoms with Gasteiger partial charge in [-0.25, -0.2) is 0 Å². The summed E-state index contributed by atoms with van der Waals surface area (Å²) in [6, 6.07) is 9.39. The fourth-order valence-corrected chi connectivity index (χ4v) is 5.25. The van der Waals surface area contributed by atoms with Crippen LogP contribution in [0.2, 0.25) is 0 Å². The summed E-state index contributed by atoms with van der Waals surface area (Å²) in [5.74, 6) is 2.84. The van der Waals surface area contributed by atoms with E-state index in [1.54, 1.807) is 26.4 Å². The summed E-state index contributed by atoms with van der Waals surface area (Å²) in [7, 11) is 3.26. The Labute approximate surface area is 223 Å². The van der Waals surface area contributed by atoms with Crippen molar-refractivity contribution in [3.05, 3.63) is 41.5 Å². The molecule has 9 nitrogen and oxygen atoms in total. The van der Waals surface area contributed by atoms with Gasteiger partial charge in [0.1, 0.15) is 0 Å². The smallest absolute Gasteiger partial charge is 0.231 e. The van der Waals surface area contributed by atoms with Crippen molar-refractivity contribution < 1.29 is 28.5 Å². The van der Waals surface area contributed by atoms with E-state index in [2.05, 4.69) is 10.2 Å². The molecule has 3 aliphatic rings. The number of carbonyl (C=O) groups excluding carboxylic acids is 2. The predicted molar refractivity (Wildman–Crippen MR) is 141 cm³/mol. The Kier molecular flexibility index (Phi) is 8.66. The molecule has 0 aliphatic carbocycles. The van der Waals surface area contributed by atoms with Crippen LogP contribution in [0, 0.1) is 5.92 Å². The molecule has 2 aromatic carbocycles. The second-order valence-corrected chi connectivity index (χ2v) is 9.49. The van der Waals surface area contributed by atoms with Gasteiger partial charge in [-0.15, -0.1) is 12.4 Å². The molecule has 0 bridgehead atoms. The number of methoxy groups -OCH3 is 2. The van der Waals surface area contributed by atoms with Crippen molar-refractivity contribution in [1.82, 2.24) is 9.80 Å². The molecule has 3 heterocycles. The SMILES string of the molecule is COc1cc2c(cc1OC)CN(C(=O)C1CCCN(CCC(=O)Nc3ccc4c(c3)OCO4)C1)CC2.Cl. The van der Waals surface area contributed by atoms with Gasteiger partial charge in [0, 0.05) is 44.4 Å². The average Bonchev–Trinajstić information content (AvgIpc) is 3.38. The lowest BCUT2D eigenvalue weighted by Crippen LogP contribution is -2.46. The maximum atomic E-state index is 13.4. The third-order valence-electron chi connectivity index (χ3n) is 7.20. The summed E-state index contributed by atoms with van der Waals surface area (Å²) in [6.45, 7) is 3.71. The van der Waals surface area contributed by atoms with Crippen molar-refractivity contribution in [3.63, 3.8) is 0 Å². The zero-order chi connectivity index (χ0) is 25.1. The standard InChI is InChI=1S/C27H33N3O6.ClH/c1-33-23-12-18-7-11-30(16-20(18)13-24(23)34-2)27(32)19-4-3-9-29(15-19)10-8-26(31)28-21-5-6-22-25(14-21)36-17-35-22;/h5-6,12-14,19H,3-4,7-11,15-17H2,1-2H3,(H,28,31);1H. The first-order chi connectivity index (χ1) is 17.5. The van der Waals surface area contributed by atoms with Gasteiger partial charge < -0.3 is 34.1 Å². The highest BCUT2D eigenvalue weighted by molar-refractivity contribution is 5.91. The third kappa shape index (κ3) is 6.05. The Morgan fingerprint density at radius 2 is 1.78 bits per heavy atom. The van der Waals surface area contributed by atoms with Crippen molar-refractivity contribution >= 4 is 29.9 Å². The van der Waals surface area contributed by atoms with Crippen LogP contribution in [-0.2, 0) is 22.6 Å². The lowest BCUT2D eigenvalue weighted by Gasteiger charge is -2.36. The van der Waals surface area contributed by atoms with Gasteiger partial charge in [0.2, 0.25) is 18.6 Å². The van der Waals surface area contributed by atoms with Gasteiger partial charge in [-0.2, -0.15) is 0 Å². The number of nitrogens with one attached hydrogen (secondary N) is 1. The van der Waals surface area contributed by atoms with Crippen molar-refractivity contribution in [1.29, 1.82) is 0 Å². The molecule has 5 rings (SSSR count). The Morgan fingerprint density at radius 3 is 2.57 bits per heavy atom. The van der Waals surface area contributed by atoms with Crippen LogP contribution in [0.1, 0.15) is 30.4 Å². The molecule has 37 heavy (non-hydrogen) atoms. The minimum atomic E-state index is -0.0562. The molecule has 0 aromatic heterocycles. The monoisotopic (exact) mass is 531 g/mol.